The molecule has 0 N–H and O–H groups in total. The summed E-state index contributed by atoms with van der Waals surface area (Å²) in [6.45, 7) is 2.41. The molecule has 1 amide bonds. The third kappa shape index (κ3) is 1.25. The van der Waals surface area contributed by atoms with E-state index in [0.29, 0.717) is 11.5 Å². The van der Waals surface area contributed by atoms with Gasteiger partial charge in [0.25, 0.3) is 5.91 Å². The SMILES string of the molecule is CC(=S)N1Cc2ccccc2C1=O. The maximum Gasteiger partial charge on any atom is 0.259 e. The van der Waals surface area contributed by atoms with Crippen molar-refractivity contribution >= 4 is 23.1 Å². The summed E-state index contributed by atoms with van der Waals surface area (Å²) in [5, 5.41) is 0. The fourth-order valence-electron chi connectivity index (χ4n) is 1.51. The fourth-order valence-corrected chi connectivity index (χ4v) is 1.66. The maximum absolute atomic E-state index is 11.7. The molecule has 1 aromatic rings. The van der Waals surface area contributed by atoms with Crippen LogP contribution in [0.1, 0.15) is 22.8 Å². The number of hydrogen-bond donors (Lipinski definition) is 0. The van der Waals surface area contributed by atoms with Gasteiger partial charge >= 0.3 is 0 Å². The number of rotatable bonds is 0. The van der Waals surface area contributed by atoms with Gasteiger partial charge in [0.05, 0.1) is 11.5 Å². The molecule has 0 aliphatic carbocycles. The highest BCUT2D eigenvalue weighted by molar-refractivity contribution is 7.80. The van der Waals surface area contributed by atoms with Crippen molar-refractivity contribution in [1.82, 2.24) is 4.90 Å². The smallest absolute Gasteiger partial charge is 0.259 e. The summed E-state index contributed by atoms with van der Waals surface area (Å²) in [5.74, 6) is 0.0306. The minimum absolute atomic E-state index is 0.0306. The van der Waals surface area contributed by atoms with Crippen molar-refractivity contribution in [3.63, 3.8) is 0 Å². The Labute approximate surface area is 82.2 Å². The van der Waals surface area contributed by atoms with Gasteiger partial charge in [-0.2, -0.15) is 0 Å². The second-order valence-corrected chi connectivity index (χ2v) is 3.66. The molecule has 2 nitrogen and oxygen atoms in total. The van der Waals surface area contributed by atoms with Crippen LogP contribution in [0, 0.1) is 0 Å². The van der Waals surface area contributed by atoms with E-state index in [4.69, 9.17) is 12.2 Å². The molecule has 13 heavy (non-hydrogen) atoms. The average molecular weight is 191 g/mol. The number of carbonyl (C=O) groups is 1. The fraction of sp³-hybridized carbons (Fsp3) is 0.200. The zero-order chi connectivity index (χ0) is 9.42. The summed E-state index contributed by atoms with van der Waals surface area (Å²) in [7, 11) is 0. The molecule has 0 spiro atoms. The highest BCUT2D eigenvalue weighted by Gasteiger charge is 2.27. The summed E-state index contributed by atoms with van der Waals surface area (Å²) < 4.78 is 0. The van der Waals surface area contributed by atoms with E-state index in [9.17, 15) is 4.79 Å². The number of carbonyl (C=O) groups excluding carboxylic acids is 1. The molecular weight excluding hydrogens is 182 g/mol. The van der Waals surface area contributed by atoms with Gasteiger partial charge in [-0.05, 0) is 18.6 Å². The second kappa shape index (κ2) is 2.92. The van der Waals surface area contributed by atoms with Crippen molar-refractivity contribution in [3.05, 3.63) is 35.4 Å². The first-order chi connectivity index (χ1) is 6.20. The molecule has 2 rings (SSSR count). The zero-order valence-electron chi connectivity index (χ0n) is 7.28. The highest BCUT2D eigenvalue weighted by atomic mass is 32.1. The lowest BCUT2D eigenvalue weighted by atomic mass is 10.1. The number of amides is 1. The van der Waals surface area contributed by atoms with Gasteiger partial charge < -0.3 is 0 Å². The van der Waals surface area contributed by atoms with Crippen molar-refractivity contribution in [2.45, 2.75) is 13.5 Å². The van der Waals surface area contributed by atoms with Gasteiger partial charge in [-0.15, -0.1) is 0 Å². The molecule has 0 saturated heterocycles. The first kappa shape index (κ1) is 8.38. The van der Waals surface area contributed by atoms with Crippen LogP contribution in [0.4, 0.5) is 0 Å². The van der Waals surface area contributed by atoms with E-state index in [1.54, 1.807) is 11.8 Å². The van der Waals surface area contributed by atoms with Gasteiger partial charge in [0, 0.05) is 5.56 Å². The third-order valence-corrected chi connectivity index (χ3v) is 2.42. The van der Waals surface area contributed by atoms with Crippen LogP contribution in [0.25, 0.3) is 0 Å². The predicted molar refractivity (Wildman–Crippen MR) is 54.6 cm³/mol. The molecular formula is C10H9NOS. The Hall–Kier alpha value is -1.22. The topological polar surface area (TPSA) is 20.3 Å². The molecule has 3 heteroatoms. The van der Waals surface area contributed by atoms with Gasteiger partial charge in [0.15, 0.2) is 0 Å². The Morgan fingerprint density at radius 3 is 2.77 bits per heavy atom. The molecule has 1 aromatic carbocycles. The molecule has 0 unspecified atom stereocenters. The lowest BCUT2D eigenvalue weighted by Crippen LogP contribution is -2.27. The number of fused-ring (bicyclic) bond motifs is 1. The number of thiocarbonyl (C=S) groups is 1. The molecule has 0 atom stereocenters. The van der Waals surface area contributed by atoms with Gasteiger partial charge in [-0.1, -0.05) is 30.4 Å². The largest absolute Gasteiger partial charge is 0.298 e. The van der Waals surface area contributed by atoms with Gasteiger partial charge in [0.1, 0.15) is 0 Å². The average Bonchev–Trinajstić information content (AvgIpc) is 2.45. The molecule has 0 saturated carbocycles. The zero-order valence-corrected chi connectivity index (χ0v) is 8.10. The maximum atomic E-state index is 11.7. The van der Waals surface area contributed by atoms with E-state index in [0.717, 1.165) is 11.1 Å². The van der Waals surface area contributed by atoms with E-state index >= 15 is 0 Å². The van der Waals surface area contributed by atoms with Crippen LogP contribution in [0.15, 0.2) is 24.3 Å². The third-order valence-electron chi connectivity index (χ3n) is 2.20. The lowest BCUT2D eigenvalue weighted by Gasteiger charge is -2.12. The van der Waals surface area contributed by atoms with Gasteiger partial charge in [-0.3, -0.25) is 9.69 Å². The quantitative estimate of drug-likeness (QED) is 0.584. The van der Waals surface area contributed by atoms with E-state index < -0.39 is 0 Å². The Balaban J connectivity index is 2.44. The van der Waals surface area contributed by atoms with Crippen molar-refractivity contribution < 1.29 is 4.79 Å². The molecule has 1 aliphatic rings. The molecule has 1 aliphatic heterocycles. The van der Waals surface area contributed by atoms with E-state index in [-0.39, 0.29) is 5.91 Å². The van der Waals surface area contributed by atoms with Crippen LogP contribution in [0.3, 0.4) is 0 Å². The van der Waals surface area contributed by atoms with Crippen LogP contribution in [-0.4, -0.2) is 15.8 Å². The van der Waals surface area contributed by atoms with Crippen molar-refractivity contribution in [1.29, 1.82) is 0 Å². The van der Waals surface area contributed by atoms with Crippen molar-refractivity contribution in [3.8, 4) is 0 Å². The second-order valence-electron chi connectivity index (χ2n) is 3.07. The Kier molecular flexibility index (Phi) is 1.88. The molecule has 66 valence electrons. The highest BCUT2D eigenvalue weighted by Crippen LogP contribution is 2.22. The number of nitrogens with zero attached hydrogens (tertiary/aromatic N) is 1. The van der Waals surface area contributed by atoms with Crippen LogP contribution in [0.5, 0.6) is 0 Å². The Bertz CT molecular complexity index is 386. The number of benzene rings is 1. The predicted octanol–water partition coefficient (Wildman–Crippen LogP) is 1.99. The Morgan fingerprint density at radius 1 is 1.46 bits per heavy atom. The van der Waals surface area contributed by atoms with E-state index in [1.165, 1.54) is 0 Å². The minimum Gasteiger partial charge on any atom is -0.298 e. The number of hydrogen-bond acceptors (Lipinski definition) is 2. The lowest BCUT2D eigenvalue weighted by molar-refractivity contribution is 0.0867. The first-order valence-electron chi connectivity index (χ1n) is 4.10. The van der Waals surface area contributed by atoms with Crippen LogP contribution >= 0.6 is 12.2 Å². The standard InChI is InChI=1S/C10H9NOS/c1-7(13)11-6-8-4-2-3-5-9(8)10(11)12/h2-5H,6H2,1H3. The molecule has 0 radical (unpaired) electrons. The van der Waals surface area contributed by atoms with Crippen molar-refractivity contribution in [2.24, 2.45) is 0 Å². The summed E-state index contributed by atoms with van der Waals surface area (Å²) >= 11 is 4.98. The van der Waals surface area contributed by atoms with E-state index in [2.05, 4.69) is 0 Å². The minimum atomic E-state index is 0.0306. The van der Waals surface area contributed by atoms with Crippen LogP contribution in [-0.2, 0) is 6.54 Å². The summed E-state index contributed by atoms with van der Waals surface area (Å²) in [4.78, 5) is 13.9. The van der Waals surface area contributed by atoms with Gasteiger partial charge in [-0.25, -0.2) is 0 Å². The van der Waals surface area contributed by atoms with Gasteiger partial charge in [0.2, 0.25) is 0 Å². The molecule has 0 aromatic heterocycles. The summed E-state index contributed by atoms with van der Waals surface area (Å²) in [6, 6.07) is 7.62. The molecule has 0 fully saturated rings. The summed E-state index contributed by atoms with van der Waals surface area (Å²) in [6.07, 6.45) is 0. The summed E-state index contributed by atoms with van der Waals surface area (Å²) in [5.41, 5.74) is 1.85. The Morgan fingerprint density at radius 2 is 2.15 bits per heavy atom. The normalized spacial score (nSPS) is 14.5. The van der Waals surface area contributed by atoms with Crippen LogP contribution in [0.2, 0.25) is 0 Å². The van der Waals surface area contributed by atoms with Crippen LogP contribution < -0.4 is 0 Å². The first-order valence-corrected chi connectivity index (χ1v) is 4.51. The molecule has 1 heterocycles. The van der Waals surface area contributed by atoms with Crippen molar-refractivity contribution in [2.75, 3.05) is 0 Å². The van der Waals surface area contributed by atoms with E-state index in [1.807, 2.05) is 24.3 Å². The monoisotopic (exact) mass is 191 g/mol. The molecule has 0 bridgehead atoms.